The van der Waals surface area contributed by atoms with Gasteiger partial charge in [0.25, 0.3) is 0 Å². The summed E-state index contributed by atoms with van der Waals surface area (Å²) in [6.07, 6.45) is 0. The SMILES string of the molecule is CCn1c(SC(C(=O)Nc2cc(C)on2)c2ccccc2)nc2ccccc21. The van der Waals surface area contributed by atoms with Crippen LogP contribution in [0.15, 0.2) is 70.3 Å². The number of amides is 1. The van der Waals surface area contributed by atoms with Gasteiger partial charge in [-0.3, -0.25) is 4.79 Å². The second kappa shape index (κ2) is 7.90. The van der Waals surface area contributed by atoms with Crippen molar-refractivity contribution in [3.05, 3.63) is 72.0 Å². The Labute approximate surface area is 166 Å². The number of para-hydroxylation sites is 2. The fourth-order valence-electron chi connectivity index (χ4n) is 3.07. The standard InChI is InChI=1S/C21H20N4O2S/c1-3-25-17-12-8-7-11-16(17)22-21(25)28-19(15-9-5-4-6-10-15)20(26)23-18-13-14(2)27-24-18/h4-13,19H,3H2,1-2H3,(H,23,24,26). The molecule has 1 amide bonds. The minimum Gasteiger partial charge on any atom is -0.360 e. The van der Waals surface area contributed by atoms with E-state index in [2.05, 4.69) is 22.0 Å². The number of imidazole rings is 1. The second-order valence-corrected chi connectivity index (χ2v) is 7.42. The highest BCUT2D eigenvalue weighted by molar-refractivity contribution is 8.00. The molecule has 1 unspecified atom stereocenters. The first-order valence-electron chi connectivity index (χ1n) is 9.06. The Kier molecular flexibility index (Phi) is 5.16. The molecule has 0 saturated carbocycles. The van der Waals surface area contributed by atoms with Gasteiger partial charge in [0, 0.05) is 12.6 Å². The third kappa shape index (κ3) is 3.66. The zero-order chi connectivity index (χ0) is 19.5. The van der Waals surface area contributed by atoms with E-state index in [1.165, 1.54) is 11.8 Å². The van der Waals surface area contributed by atoms with E-state index in [1.54, 1.807) is 13.0 Å². The van der Waals surface area contributed by atoms with E-state index >= 15 is 0 Å². The average molecular weight is 392 g/mol. The molecule has 2 aromatic heterocycles. The quantitative estimate of drug-likeness (QED) is 0.476. The first-order valence-corrected chi connectivity index (χ1v) is 9.94. The number of thioether (sulfide) groups is 1. The van der Waals surface area contributed by atoms with Gasteiger partial charge in [0.05, 0.1) is 11.0 Å². The highest BCUT2D eigenvalue weighted by atomic mass is 32.2. The summed E-state index contributed by atoms with van der Waals surface area (Å²) in [4.78, 5) is 17.8. The normalized spacial score (nSPS) is 12.2. The minimum absolute atomic E-state index is 0.167. The maximum atomic E-state index is 13.1. The van der Waals surface area contributed by atoms with Crippen molar-refractivity contribution >= 4 is 34.5 Å². The molecule has 7 heteroatoms. The van der Waals surface area contributed by atoms with E-state index in [9.17, 15) is 4.79 Å². The summed E-state index contributed by atoms with van der Waals surface area (Å²) < 4.78 is 7.19. The largest absolute Gasteiger partial charge is 0.360 e. The molecule has 1 N–H and O–H groups in total. The zero-order valence-electron chi connectivity index (χ0n) is 15.6. The van der Waals surface area contributed by atoms with E-state index in [0.717, 1.165) is 28.3 Å². The van der Waals surface area contributed by atoms with Crippen LogP contribution in [0.3, 0.4) is 0 Å². The number of fused-ring (bicyclic) bond motifs is 1. The van der Waals surface area contributed by atoms with Crippen LogP contribution >= 0.6 is 11.8 Å². The number of anilines is 1. The van der Waals surface area contributed by atoms with Crippen LogP contribution in [0.25, 0.3) is 11.0 Å². The lowest BCUT2D eigenvalue weighted by molar-refractivity contribution is -0.115. The number of aryl methyl sites for hydroxylation is 2. The maximum Gasteiger partial charge on any atom is 0.243 e. The zero-order valence-corrected chi connectivity index (χ0v) is 16.4. The molecule has 0 aliphatic carbocycles. The van der Waals surface area contributed by atoms with Gasteiger partial charge < -0.3 is 14.4 Å². The van der Waals surface area contributed by atoms with Gasteiger partial charge in [0.2, 0.25) is 5.91 Å². The molecule has 2 heterocycles. The first-order chi connectivity index (χ1) is 13.7. The third-order valence-corrected chi connectivity index (χ3v) is 5.62. The third-order valence-electron chi connectivity index (χ3n) is 4.38. The molecule has 142 valence electrons. The predicted octanol–water partition coefficient (Wildman–Crippen LogP) is 4.82. The molecule has 0 radical (unpaired) electrons. The van der Waals surface area contributed by atoms with Crippen molar-refractivity contribution < 1.29 is 9.32 Å². The Morgan fingerprint density at radius 2 is 1.93 bits per heavy atom. The highest BCUT2D eigenvalue weighted by Crippen LogP contribution is 2.37. The van der Waals surface area contributed by atoms with Crippen molar-refractivity contribution in [2.24, 2.45) is 0 Å². The Morgan fingerprint density at radius 3 is 2.64 bits per heavy atom. The van der Waals surface area contributed by atoms with Gasteiger partial charge in [-0.15, -0.1) is 0 Å². The lowest BCUT2D eigenvalue weighted by atomic mass is 10.1. The van der Waals surface area contributed by atoms with E-state index in [4.69, 9.17) is 9.51 Å². The number of aromatic nitrogens is 3. The Balaban J connectivity index is 1.69. The monoisotopic (exact) mass is 392 g/mol. The number of hydrogen-bond acceptors (Lipinski definition) is 5. The molecule has 0 fully saturated rings. The second-order valence-electron chi connectivity index (χ2n) is 6.35. The molecule has 0 aliphatic rings. The van der Waals surface area contributed by atoms with E-state index < -0.39 is 5.25 Å². The van der Waals surface area contributed by atoms with E-state index in [0.29, 0.717) is 11.6 Å². The fraction of sp³-hybridized carbons (Fsp3) is 0.190. The predicted molar refractivity (Wildman–Crippen MR) is 110 cm³/mol. The molecule has 0 saturated heterocycles. The Morgan fingerprint density at radius 1 is 1.18 bits per heavy atom. The van der Waals surface area contributed by atoms with Gasteiger partial charge >= 0.3 is 0 Å². The minimum atomic E-state index is -0.472. The molecule has 1 atom stereocenters. The van der Waals surface area contributed by atoms with Crippen LogP contribution < -0.4 is 5.32 Å². The van der Waals surface area contributed by atoms with Crippen LogP contribution in [0.1, 0.15) is 23.5 Å². The number of rotatable bonds is 6. The van der Waals surface area contributed by atoms with Crippen molar-refractivity contribution in [1.29, 1.82) is 0 Å². The van der Waals surface area contributed by atoms with Gasteiger partial charge in [0.15, 0.2) is 11.0 Å². The molecular formula is C21H20N4O2S. The number of carbonyl (C=O) groups is 1. The Hall–Kier alpha value is -3.06. The molecule has 0 aliphatic heterocycles. The van der Waals surface area contributed by atoms with Crippen molar-refractivity contribution in [2.75, 3.05) is 5.32 Å². The van der Waals surface area contributed by atoms with Gasteiger partial charge in [-0.25, -0.2) is 4.98 Å². The molecule has 2 aromatic carbocycles. The first kappa shape index (κ1) is 18.3. The maximum absolute atomic E-state index is 13.1. The molecule has 28 heavy (non-hydrogen) atoms. The van der Waals surface area contributed by atoms with Crippen molar-refractivity contribution in [3.63, 3.8) is 0 Å². The summed E-state index contributed by atoms with van der Waals surface area (Å²) in [5.74, 6) is 0.888. The van der Waals surface area contributed by atoms with Crippen LogP contribution in [-0.2, 0) is 11.3 Å². The summed E-state index contributed by atoms with van der Waals surface area (Å²) >= 11 is 1.43. The molecular weight excluding hydrogens is 372 g/mol. The topological polar surface area (TPSA) is 73.0 Å². The van der Waals surface area contributed by atoms with Gasteiger partial charge in [0.1, 0.15) is 11.0 Å². The molecule has 4 aromatic rings. The number of benzene rings is 2. The van der Waals surface area contributed by atoms with Crippen LogP contribution in [-0.4, -0.2) is 20.6 Å². The van der Waals surface area contributed by atoms with Crippen molar-refractivity contribution in [2.45, 2.75) is 30.8 Å². The molecule has 0 spiro atoms. The van der Waals surface area contributed by atoms with Crippen LogP contribution in [0.5, 0.6) is 0 Å². The molecule has 0 bridgehead atoms. The number of nitrogens with one attached hydrogen (secondary N) is 1. The van der Waals surface area contributed by atoms with Crippen molar-refractivity contribution in [3.8, 4) is 0 Å². The summed E-state index contributed by atoms with van der Waals surface area (Å²) in [6.45, 7) is 4.64. The number of nitrogens with zero attached hydrogens (tertiary/aromatic N) is 3. The molecule has 6 nitrogen and oxygen atoms in total. The lowest BCUT2D eigenvalue weighted by Gasteiger charge is -2.16. The summed E-state index contributed by atoms with van der Waals surface area (Å²) in [6, 6.07) is 19.4. The van der Waals surface area contributed by atoms with Crippen LogP contribution in [0.2, 0.25) is 0 Å². The summed E-state index contributed by atoms with van der Waals surface area (Å²) in [7, 11) is 0. The van der Waals surface area contributed by atoms with Crippen LogP contribution in [0.4, 0.5) is 5.82 Å². The summed E-state index contributed by atoms with van der Waals surface area (Å²) in [5.41, 5.74) is 2.89. The number of carbonyl (C=O) groups excluding carboxylic acids is 1. The van der Waals surface area contributed by atoms with E-state index in [-0.39, 0.29) is 5.91 Å². The van der Waals surface area contributed by atoms with Gasteiger partial charge in [-0.2, -0.15) is 0 Å². The van der Waals surface area contributed by atoms with Crippen LogP contribution in [0, 0.1) is 6.92 Å². The van der Waals surface area contributed by atoms with E-state index in [1.807, 2.05) is 54.6 Å². The summed E-state index contributed by atoms with van der Waals surface area (Å²) in [5, 5.41) is 7.06. The smallest absolute Gasteiger partial charge is 0.243 e. The van der Waals surface area contributed by atoms with Crippen molar-refractivity contribution in [1.82, 2.24) is 14.7 Å². The highest BCUT2D eigenvalue weighted by Gasteiger charge is 2.25. The number of hydrogen-bond donors (Lipinski definition) is 1. The molecule has 4 rings (SSSR count). The van der Waals surface area contributed by atoms with Gasteiger partial charge in [-0.1, -0.05) is 59.4 Å². The van der Waals surface area contributed by atoms with Gasteiger partial charge in [-0.05, 0) is 31.5 Å². The average Bonchev–Trinajstić information content (AvgIpc) is 3.28. The fourth-order valence-corrected chi connectivity index (χ4v) is 4.25. The lowest BCUT2D eigenvalue weighted by Crippen LogP contribution is -2.19. The Bertz CT molecular complexity index is 1100.